The molecular weight excluding hydrogens is 224 g/mol. The highest BCUT2D eigenvalue weighted by molar-refractivity contribution is 5.78. The van der Waals surface area contributed by atoms with Crippen LogP contribution in [0.25, 0.3) is 16.7 Å². The highest BCUT2D eigenvalue weighted by atomic mass is 16.3. The lowest BCUT2D eigenvalue weighted by molar-refractivity contribution is 0.413. The van der Waals surface area contributed by atoms with Gasteiger partial charge in [0.15, 0.2) is 5.58 Å². The minimum Gasteiger partial charge on any atom is -0.455 e. The van der Waals surface area contributed by atoms with Crippen LogP contribution in [0.15, 0.2) is 34.9 Å². The fourth-order valence-corrected chi connectivity index (χ4v) is 3.19. The van der Waals surface area contributed by atoms with Crippen molar-refractivity contribution < 1.29 is 4.42 Å². The van der Waals surface area contributed by atoms with Gasteiger partial charge in [0.2, 0.25) is 0 Å². The molecule has 92 valence electrons. The monoisotopic (exact) mass is 240 g/mol. The third kappa shape index (κ3) is 1.58. The Morgan fingerprint density at radius 2 is 2.22 bits per heavy atom. The molecule has 0 amide bonds. The summed E-state index contributed by atoms with van der Waals surface area (Å²) in [4.78, 5) is 4.33. The maximum atomic E-state index is 5.90. The van der Waals surface area contributed by atoms with Crippen LogP contribution in [0.3, 0.4) is 0 Å². The molecule has 0 unspecified atom stereocenters. The number of rotatable bonds is 1. The fraction of sp³-hybridized carbons (Fsp3) is 0.400. The summed E-state index contributed by atoms with van der Waals surface area (Å²) in [5.41, 5.74) is 3.21. The molecule has 1 N–H and O–H groups in total. The van der Waals surface area contributed by atoms with Crippen LogP contribution in [0.1, 0.15) is 18.6 Å². The Morgan fingerprint density at radius 3 is 3.17 bits per heavy atom. The van der Waals surface area contributed by atoms with E-state index < -0.39 is 0 Å². The molecule has 4 rings (SSSR count). The van der Waals surface area contributed by atoms with Gasteiger partial charge in [-0.05, 0) is 55.5 Å². The molecule has 0 radical (unpaired) electrons. The fourth-order valence-electron chi connectivity index (χ4n) is 3.19. The van der Waals surface area contributed by atoms with Gasteiger partial charge >= 0.3 is 0 Å². The number of hydrogen-bond acceptors (Lipinski definition) is 3. The van der Waals surface area contributed by atoms with Crippen LogP contribution in [-0.2, 0) is 0 Å². The van der Waals surface area contributed by atoms with Crippen molar-refractivity contribution in [2.75, 3.05) is 13.1 Å². The smallest absolute Gasteiger partial charge is 0.153 e. The molecule has 2 aliphatic rings. The van der Waals surface area contributed by atoms with E-state index in [0.29, 0.717) is 0 Å². The molecular formula is C15H16N2O. The van der Waals surface area contributed by atoms with Crippen molar-refractivity contribution in [3.8, 4) is 0 Å². The summed E-state index contributed by atoms with van der Waals surface area (Å²) in [6.07, 6.45) is 6.48. The largest absolute Gasteiger partial charge is 0.455 e. The summed E-state index contributed by atoms with van der Waals surface area (Å²) in [6.45, 7) is 2.33. The number of aromatic nitrogens is 1. The van der Waals surface area contributed by atoms with E-state index in [1.807, 2.05) is 18.3 Å². The Balaban J connectivity index is 1.70. The lowest BCUT2D eigenvalue weighted by atomic mass is 9.81. The van der Waals surface area contributed by atoms with Crippen LogP contribution >= 0.6 is 0 Å². The third-order valence-electron chi connectivity index (χ3n) is 4.23. The lowest BCUT2D eigenvalue weighted by Crippen LogP contribution is -2.16. The molecule has 1 aliphatic heterocycles. The van der Waals surface area contributed by atoms with E-state index in [2.05, 4.69) is 22.4 Å². The maximum Gasteiger partial charge on any atom is 0.153 e. The Labute approximate surface area is 106 Å². The first kappa shape index (κ1) is 10.3. The van der Waals surface area contributed by atoms with Crippen LogP contribution in [0.2, 0.25) is 0 Å². The number of pyridine rings is 1. The standard InChI is InChI=1S/C15H16N2O/c1-2-14-13(17-5-1)7-15(18-14)10-3-4-11-8-16-9-12(11)6-10/h1-3,5,7,11-12,16H,4,6,8-9H2/t11-,12+/m0/s1. The molecule has 1 fully saturated rings. The van der Waals surface area contributed by atoms with Gasteiger partial charge in [-0.25, -0.2) is 0 Å². The molecule has 3 heteroatoms. The molecule has 0 aromatic carbocycles. The Hall–Kier alpha value is -1.61. The number of allylic oxidation sites excluding steroid dienone is 2. The maximum absolute atomic E-state index is 5.90. The minimum atomic E-state index is 0.783. The topological polar surface area (TPSA) is 38.1 Å². The first-order valence-electron chi connectivity index (χ1n) is 6.65. The van der Waals surface area contributed by atoms with Crippen molar-refractivity contribution >= 4 is 16.7 Å². The summed E-state index contributed by atoms with van der Waals surface area (Å²) in [6, 6.07) is 5.97. The minimum absolute atomic E-state index is 0.783. The van der Waals surface area contributed by atoms with E-state index in [1.54, 1.807) is 0 Å². The van der Waals surface area contributed by atoms with Crippen molar-refractivity contribution in [1.29, 1.82) is 0 Å². The van der Waals surface area contributed by atoms with E-state index in [9.17, 15) is 0 Å². The normalized spacial score (nSPS) is 27.2. The third-order valence-corrected chi connectivity index (χ3v) is 4.23. The Kier molecular flexibility index (Phi) is 2.27. The van der Waals surface area contributed by atoms with Crippen LogP contribution in [0.5, 0.6) is 0 Å². The number of furan rings is 1. The van der Waals surface area contributed by atoms with Gasteiger partial charge in [-0.2, -0.15) is 0 Å². The molecule has 0 spiro atoms. The summed E-state index contributed by atoms with van der Waals surface area (Å²) >= 11 is 0. The number of hydrogen-bond donors (Lipinski definition) is 1. The molecule has 0 saturated carbocycles. The molecule has 1 aliphatic carbocycles. The van der Waals surface area contributed by atoms with Gasteiger partial charge in [-0.3, -0.25) is 4.98 Å². The molecule has 3 heterocycles. The molecule has 2 atom stereocenters. The lowest BCUT2D eigenvalue weighted by Gasteiger charge is -2.23. The van der Waals surface area contributed by atoms with Crippen LogP contribution in [0, 0.1) is 11.8 Å². The highest BCUT2D eigenvalue weighted by Gasteiger charge is 2.31. The second-order valence-electron chi connectivity index (χ2n) is 5.35. The quantitative estimate of drug-likeness (QED) is 0.833. The summed E-state index contributed by atoms with van der Waals surface area (Å²) < 4.78 is 5.90. The predicted molar refractivity (Wildman–Crippen MR) is 71.1 cm³/mol. The first-order valence-corrected chi connectivity index (χ1v) is 6.65. The highest BCUT2D eigenvalue weighted by Crippen LogP contribution is 2.37. The van der Waals surface area contributed by atoms with Crippen LogP contribution < -0.4 is 5.32 Å². The Morgan fingerprint density at radius 1 is 1.28 bits per heavy atom. The van der Waals surface area contributed by atoms with Gasteiger partial charge in [0.05, 0.1) is 0 Å². The van der Waals surface area contributed by atoms with Crippen molar-refractivity contribution in [2.24, 2.45) is 11.8 Å². The average molecular weight is 240 g/mol. The second kappa shape index (κ2) is 3.95. The van der Waals surface area contributed by atoms with E-state index in [0.717, 1.165) is 41.7 Å². The molecule has 2 aromatic heterocycles. The Bertz CT molecular complexity index is 581. The summed E-state index contributed by atoms with van der Waals surface area (Å²) in [5, 5.41) is 3.49. The van der Waals surface area contributed by atoms with Gasteiger partial charge < -0.3 is 9.73 Å². The van der Waals surface area contributed by atoms with Crippen molar-refractivity contribution in [2.45, 2.75) is 12.8 Å². The van der Waals surface area contributed by atoms with Crippen molar-refractivity contribution in [1.82, 2.24) is 10.3 Å². The number of nitrogens with zero attached hydrogens (tertiary/aromatic N) is 1. The summed E-state index contributed by atoms with van der Waals surface area (Å²) in [5.74, 6) is 2.62. The van der Waals surface area contributed by atoms with E-state index in [1.165, 1.54) is 18.5 Å². The molecule has 2 aromatic rings. The van der Waals surface area contributed by atoms with Crippen molar-refractivity contribution in [3.05, 3.63) is 36.2 Å². The molecule has 0 bridgehead atoms. The first-order chi connectivity index (χ1) is 8.90. The number of nitrogens with one attached hydrogen (secondary N) is 1. The molecule has 1 saturated heterocycles. The average Bonchev–Trinajstić information content (AvgIpc) is 3.04. The van der Waals surface area contributed by atoms with Gasteiger partial charge in [0.1, 0.15) is 11.3 Å². The zero-order valence-electron chi connectivity index (χ0n) is 10.2. The molecule has 18 heavy (non-hydrogen) atoms. The summed E-state index contributed by atoms with van der Waals surface area (Å²) in [7, 11) is 0. The number of fused-ring (bicyclic) bond motifs is 2. The van der Waals surface area contributed by atoms with Gasteiger partial charge in [-0.15, -0.1) is 0 Å². The van der Waals surface area contributed by atoms with Gasteiger partial charge in [-0.1, -0.05) is 6.08 Å². The van der Waals surface area contributed by atoms with Crippen molar-refractivity contribution in [3.63, 3.8) is 0 Å². The van der Waals surface area contributed by atoms with Crippen LogP contribution in [-0.4, -0.2) is 18.1 Å². The zero-order chi connectivity index (χ0) is 11.9. The molecule has 3 nitrogen and oxygen atoms in total. The van der Waals surface area contributed by atoms with Gasteiger partial charge in [0.25, 0.3) is 0 Å². The van der Waals surface area contributed by atoms with E-state index >= 15 is 0 Å². The van der Waals surface area contributed by atoms with E-state index in [-0.39, 0.29) is 0 Å². The SMILES string of the molecule is C1=C(c2cc3ncccc3o2)C[C@@H]2CNC[C@@H]2C1. The predicted octanol–water partition coefficient (Wildman–Crippen LogP) is 2.84. The zero-order valence-corrected chi connectivity index (χ0v) is 10.2. The van der Waals surface area contributed by atoms with Gasteiger partial charge in [0, 0.05) is 12.3 Å². The van der Waals surface area contributed by atoms with E-state index in [4.69, 9.17) is 4.42 Å². The second-order valence-corrected chi connectivity index (χ2v) is 5.35. The van der Waals surface area contributed by atoms with Crippen LogP contribution in [0.4, 0.5) is 0 Å².